The van der Waals surface area contributed by atoms with Gasteiger partial charge in [0.05, 0.1) is 17.5 Å². The molecule has 1 aliphatic heterocycles. The highest BCUT2D eigenvalue weighted by atomic mass is 32.1. The lowest BCUT2D eigenvalue weighted by Crippen LogP contribution is -2.32. The van der Waals surface area contributed by atoms with Crippen LogP contribution in [0.25, 0.3) is 6.08 Å². The van der Waals surface area contributed by atoms with Gasteiger partial charge in [-0.05, 0) is 31.1 Å². The molecule has 1 aromatic heterocycles. The zero-order valence-electron chi connectivity index (χ0n) is 15.4. The van der Waals surface area contributed by atoms with Crippen LogP contribution in [0.4, 0.5) is 10.8 Å². The number of carbonyl (C=O) groups excluding carboxylic acids is 2. The minimum absolute atomic E-state index is 0.00441. The molecule has 2 aromatic rings. The molecule has 0 spiro atoms. The summed E-state index contributed by atoms with van der Waals surface area (Å²) in [6.07, 6.45) is 3.32. The predicted octanol–water partition coefficient (Wildman–Crippen LogP) is 3.03. The van der Waals surface area contributed by atoms with E-state index in [0.717, 1.165) is 12.8 Å². The van der Waals surface area contributed by atoms with Crippen LogP contribution in [-0.2, 0) is 14.3 Å². The van der Waals surface area contributed by atoms with Crippen molar-refractivity contribution >= 4 is 40.0 Å². The fourth-order valence-electron chi connectivity index (χ4n) is 2.85. The molecule has 1 fully saturated rings. The van der Waals surface area contributed by atoms with Crippen LogP contribution in [0.1, 0.15) is 25.5 Å². The Morgan fingerprint density at radius 2 is 2.21 bits per heavy atom. The number of benzene rings is 1. The summed E-state index contributed by atoms with van der Waals surface area (Å²) in [7, 11) is 0. The number of ether oxygens (including phenoxy) is 1. The third kappa shape index (κ3) is 4.82. The van der Waals surface area contributed by atoms with Gasteiger partial charge in [0.15, 0.2) is 5.13 Å². The lowest BCUT2D eigenvalue weighted by atomic mass is 10.2. The number of amides is 2. The van der Waals surface area contributed by atoms with E-state index in [9.17, 15) is 14.9 Å². The third-order valence-corrected chi connectivity index (χ3v) is 5.05. The number of anilines is 2. The number of nitrogens with one attached hydrogen (secondary N) is 1. The highest BCUT2D eigenvalue weighted by Crippen LogP contribution is 2.29. The molecule has 2 amide bonds. The molecule has 3 rings (SSSR count). The lowest BCUT2D eigenvalue weighted by Gasteiger charge is -2.17. The number of hydrogen-bond donors (Lipinski definition) is 1. The Kier molecular flexibility index (Phi) is 6.53. The highest BCUT2D eigenvalue weighted by molar-refractivity contribution is 7.14. The Balaban J connectivity index is 1.74. The number of aromatic nitrogens is 1. The van der Waals surface area contributed by atoms with Gasteiger partial charge >= 0.3 is 0 Å². The van der Waals surface area contributed by atoms with Gasteiger partial charge in [-0.15, -0.1) is 11.3 Å². The van der Waals surface area contributed by atoms with Gasteiger partial charge in [-0.3, -0.25) is 14.5 Å². The normalized spacial score (nSPS) is 16.4. The highest BCUT2D eigenvalue weighted by Gasteiger charge is 2.19. The number of rotatable bonds is 6. The Hall–Kier alpha value is -3.02. The quantitative estimate of drug-likeness (QED) is 0.598. The minimum atomic E-state index is -0.459. The zero-order chi connectivity index (χ0) is 19.9. The molecule has 2 heterocycles. The second-order valence-electron chi connectivity index (χ2n) is 6.26. The van der Waals surface area contributed by atoms with E-state index in [-0.39, 0.29) is 17.6 Å². The molecular formula is C20H20N4O3S. The van der Waals surface area contributed by atoms with E-state index in [1.807, 2.05) is 36.4 Å². The second kappa shape index (κ2) is 9.26. The van der Waals surface area contributed by atoms with Crippen LogP contribution < -0.4 is 10.2 Å². The summed E-state index contributed by atoms with van der Waals surface area (Å²) < 4.78 is 5.46. The van der Waals surface area contributed by atoms with E-state index in [4.69, 9.17) is 4.74 Å². The van der Waals surface area contributed by atoms with E-state index in [1.54, 1.807) is 5.38 Å². The number of nitriles is 1. The Labute approximate surface area is 167 Å². The van der Waals surface area contributed by atoms with Crippen molar-refractivity contribution in [1.82, 2.24) is 10.3 Å². The maximum Gasteiger partial charge on any atom is 0.262 e. The standard InChI is InChI=1S/C20H20N4O3S/c1-14(25)24(17-6-3-2-4-7-17)20-23-16(13-28-20)10-15(11-21)19(26)22-12-18-8-5-9-27-18/h2-4,6-7,10,13,18H,5,8-9,12H2,1H3,(H,22,26)/b15-10+. The number of thiazole rings is 1. The average molecular weight is 396 g/mol. The summed E-state index contributed by atoms with van der Waals surface area (Å²) in [6.45, 7) is 2.55. The molecule has 1 aromatic carbocycles. The Morgan fingerprint density at radius 1 is 1.43 bits per heavy atom. The summed E-state index contributed by atoms with van der Waals surface area (Å²) in [6, 6.07) is 11.1. The smallest absolute Gasteiger partial charge is 0.262 e. The van der Waals surface area contributed by atoms with Crippen molar-refractivity contribution in [3.05, 3.63) is 47.0 Å². The van der Waals surface area contributed by atoms with Gasteiger partial charge < -0.3 is 10.1 Å². The van der Waals surface area contributed by atoms with Crippen molar-refractivity contribution in [2.45, 2.75) is 25.9 Å². The van der Waals surface area contributed by atoms with Crippen LogP contribution in [0.2, 0.25) is 0 Å². The molecule has 1 atom stereocenters. The van der Waals surface area contributed by atoms with E-state index >= 15 is 0 Å². The maximum atomic E-state index is 12.3. The zero-order valence-corrected chi connectivity index (χ0v) is 16.2. The summed E-state index contributed by atoms with van der Waals surface area (Å²) in [5.41, 5.74) is 1.12. The van der Waals surface area contributed by atoms with Gasteiger partial charge in [0.2, 0.25) is 5.91 Å². The van der Waals surface area contributed by atoms with Crippen molar-refractivity contribution < 1.29 is 14.3 Å². The fourth-order valence-corrected chi connectivity index (χ4v) is 3.70. The van der Waals surface area contributed by atoms with E-state index < -0.39 is 5.91 Å². The number of hydrogen-bond acceptors (Lipinski definition) is 6. The van der Waals surface area contributed by atoms with Gasteiger partial charge in [0.25, 0.3) is 5.91 Å². The largest absolute Gasteiger partial charge is 0.376 e. The average Bonchev–Trinajstić information content (AvgIpc) is 3.37. The van der Waals surface area contributed by atoms with E-state index in [1.165, 1.54) is 29.2 Å². The van der Waals surface area contributed by atoms with Crippen LogP contribution in [0.3, 0.4) is 0 Å². The van der Waals surface area contributed by atoms with Gasteiger partial charge in [-0.25, -0.2) is 4.98 Å². The molecule has 0 aliphatic carbocycles. The third-order valence-electron chi connectivity index (χ3n) is 4.20. The van der Waals surface area contributed by atoms with Gasteiger partial charge in [0, 0.05) is 25.5 Å². The summed E-state index contributed by atoms with van der Waals surface area (Å²) in [4.78, 5) is 30.3. The van der Waals surface area contributed by atoms with Crippen LogP contribution in [-0.4, -0.2) is 36.1 Å². The molecule has 0 saturated carbocycles. The molecule has 1 unspecified atom stereocenters. The van der Waals surface area contributed by atoms with Crippen molar-refractivity contribution in [3.63, 3.8) is 0 Å². The predicted molar refractivity (Wildman–Crippen MR) is 107 cm³/mol. The van der Waals surface area contributed by atoms with Crippen molar-refractivity contribution in [1.29, 1.82) is 5.26 Å². The van der Waals surface area contributed by atoms with Crippen LogP contribution in [0.5, 0.6) is 0 Å². The Morgan fingerprint density at radius 3 is 2.86 bits per heavy atom. The van der Waals surface area contributed by atoms with Crippen LogP contribution >= 0.6 is 11.3 Å². The summed E-state index contributed by atoms with van der Waals surface area (Å²) in [5.74, 6) is -0.634. The maximum absolute atomic E-state index is 12.3. The van der Waals surface area contributed by atoms with Gasteiger partial charge in [-0.1, -0.05) is 18.2 Å². The monoisotopic (exact) mass is 396 g/mol. The first-order chi connectivity index (χ1) is 13.6. The molecule has 8 heteroatoms. The molecule has 144 valence electrons. The molecule has 28 heavy (non-hydrogen) atoms. The van der Waals surface area contributed by atoms with Gasteiger partial charge in [-0.2, -0.15) is 5.26 Å². The first-order valence-corrected chi connectivity index (χ1v) is 9.79. The van der Waals surface area contributed by atoms with Crippen molar-refractivity contribution in [3.8, 4) is 6.07 Å². The second-order valence-corrected chi connectivity index (χ2v) is 7.10. The number of carbonyl (C=O) groups is 2. The first-order valence-electron chi connectivity index (χ1n) is 8.91. The van der Waals surface area contributed by atoms with Crippen molar-refractivity contribution in [2.24, 2.45) is 0 Å². The molecular weight excluding hydrogens is 376 g/mol. The molecule has 1 saturated heterocycles. The number of nitrogens with zero attached hydrogens (tertiary/aromatic N) is 3. The Bertz CT molecular complexity index is 911. The minimum Gasteiger partial charge on any atom is -0.376 e. The summed E-state index contributed by atoms with van der Waals surface area (Å²) >= 11 is 1.27. The van der Waals surface area contributed by atoms with Crippen LogP contribution in [0.15, 0.2) is 41.3 Å². The lowest BCUT2D eigenvalue weighted by molar-refractivity contribution is -0.117. The van der Waals surface area contributed by atoms with Crippen LogP contribution in [0, 0.1) is 11.3 Å². The SMILES string of the molecule is CC(=O)N(c1ccccc1)c1nc(/C=C(\C#N)C(=O)NCC2CCCO2)cs1. The molecule has 0 bridgehead atoms. The first kappa shape index (κ1) is 19.7. The van der Waals surface area contributed by atoms with E-state index in [0.29, 0.717) is 29.7 Å². The van der Waals surface area contributed by atoms with Crippen molar-refractivity contribution in [2.75, 3.05) is 18.1 Å². The van der Waals surface area contributed by atoms with Gasteiger partial charge in [0.1, 0.15) is 11.6 Å². The number of para-hydroxylation sites is 1. The molecule has 0 radical (unpaired) electrons. The molecule has 1 N–H and O–H groups in total. The molecule has 1 aliphatic rings. The topological polar surface area (TPSA) is 95.3 Å². The molecule has 7 nitrogen and oxygen atoms in total. The van der Waals surface area contributed by atoms with E-state index in [2.05, 4.69) is 10.3 Å². The fraction of sp³-hybridized carbons (Fsp3) is 0.300. The summed E-state index contributed by atoms with van der Waals surface area (Å²) in [5, 5.41) is 14.2.